The maximum atomic E-state index is 14.9. The average Bonchev–Trinajstić information content (AvgIpc) is 3.76. The molecule has 1 aliphatic carbocycles. The molecule has 2 saturated heterocycles. The molecule has 6 rings (SSSR count). The van der Waals surface area contributed by atoms with E-state index in [4.69, 9.17) is 37.9 Å². The zero-order chi connectivity index (χ0) is 40.1. The third kappa shape index (κ3) is 10.3. The highest BCUT2D eigenvalue weighted by Gasteiger charge is 2.42. The summed E-state index contributed by atoms with van der Waals surface area (Å²) in [6.45, 7) is 5.02. The summed E-state index contributed by atoms with van der Waals surface area (Å²) in [5.41, 5.74) is 2.59. The number of nitrogens with zero attached hydrogens (tertiary/aromatic N) is 2. The Morgan fingerprint density at radius 1 is 0.789 bits per heavy atom. The Labute approximate surface area is 336 Å². The van der Waals surface area contributed by atoms with Gasteiger partial charge >= 0.3 is 5.97 Å². The summed E-state index contributed by atoms with van der Waals surface area (Å²) in [4.78, 5) is 33.4. The Kier molecular flexibility index (Phi) is 15.0. The van der Waals surface area contributed by atoms with Crippen LogP contribution in [0.4, 0.5) is 0 Å². The number of benzene rings is 3. The molecule has 308 valence electrons. The smallest absolute Gasteiger partial charge is 0.329 e. The third-order valence-electron chi connectivity index (χ3n) is 11.3. The van der Waals surface area contributed by atoms with E-state index in [1.807, 2.05) is 54.6 Å². The van der Waals surface area contributed by atoms with E-state index in [0.717, 1.165) is 68.8 Å². The number of rotatable bonds is 18. The molecule has 1 amide bonds. The monoisotopic (exact) mass is 786 g/mol. The van der Waals surface area contributed by atoms with E-state index in [1.165, 1.54) is 0 Å². The number of ether oxygens (including phenoxy) is 8. The summed E-state index contributed by atoms with van der Waals surface area (Å²) in [5, 5.41) is 0. The van der Waals surface area contributed by atoms with Crippen LogP contribution in [0.1, 0.15) is 67.2 Å². The third-order valence-corrected chi connectivity index (χ3v) is 11.3. The molecule has 0 radical (unpaired) electrons. The van der Waals surface area contributed by atoms with Crippen LogP contribution < -0.4 is 28.4 Å². The average molecular weight is 787 g/mol. The fourth-order valence-electron chi connectivity index (χ4n) is 8.19. The van der Waals surface area contributed by atoms with Crippen molar-refractivity contribution >= 4 is 11.9 Å². The van der Waals surface area contributed by atoms with Crippen molar-refractivity contribution < 1.29 is 47.5 Å². The molecule has 57 heavy (non-hydrogen) atoms. The predicted octanol–water partition coefficient (Wildman–Crippen LogP) is 6.79. The molecule has 3 aromatic rings. The topological polar surface area (TPSA) is 114 Å². The molecule has 0 aromatic heterocycles. The number of carbonyl (C=O) groups excluding carboxylic acids is 2. The first-order valence-electron chi connectivity index (χ1n) is 20.1. The summed E-state index contributed by atoms with van der Waals surface area (Å²) < 4.78 is 46.2. The van der Waals surface area contributed by atoms with Crippen LogP contribution in [-0.2, 0) is 25.5 Å². The fraction of sp³-hybridized carbons (Fsp3) is 0.511. The second-order valence-electron chi connectivity index (χ2n) is 14.7. The first-order chi connectivity index (χ1) is 27.9. The fourth-order valence-corrected chi connectivity index (χ4v) is 8.19. The highest BCUT2D eigenvalue weighted by molar-refractivity contribution is 5.90. The van der Waals surface area contributed by atoms with Crippen LogP contribution in [-0.4, -0.2) is 109 Å². The molecular formula is C45H58N2O10. The van der Waals surface area contributed by atoms with Gasteiger partial charge in [0.2, 0.25) is 11.7 Å². The van der Waals surface area contributed by atoms with E-state index < -0.39 is 24.0 Å². The van der Waals surface area contributed by atoms with E-state index in [-0.39, 0.29) is 11.8 Å². The quantitative estimate of drug-likeness (QED) is 0.100. The van der Waals surface area contributed by atoms with Gasteiger partial charge in [-0.2, -0.15) is 0 Å². The van der Waals surface area contributed by atoms with Gasteiger partial charge in [-0.1, -0.05) is 30.4 Å². The Balaban J connectivity index is 1.25. The highest BCUT2D eigenvalue weighted by atomic mass is 16.5. The lowest BCUT2D eigenvalue weighted by Crippen LogP contribution is -2.45. The van der Waals surface area contributed by atoms with Gasteiger partial charge in [0.25, 0.3) is 0 Å². The molecule has 4 atom stereocenters. The first kappa shape index (κ1) is 41.7. The van der Waals surface area contributed by atoms with E-state index in [2.05, 4.69) is 17.1 Å². The summed E-state index contributed by atoms with van der Waals surface area (Å²) in [6, 6.07) is 16.6. The zero-order valence-corrected chi connectivity index (χ0v) is 34.0. The lowest BCUT2D eigenvalue weighted by Gasteiger charge is -2.33. The molecule has 2 aliphatic heterocycles. The Bertz CT molecular complexity index is 1800. The number of carbonyl (C=O) groups is 2. The summed E-state index contributed by atoms with van der Waals surface area (Å²) in [7, 11) is 7.92. The van der Waals surface area contributed by atoms with Gasteiger partial charge in [0.1, 0.15) is 24.5 Å². The molecule has 3 aliphatic rings. The van der Waals surface area contributed by atoms with Gasteiger partial charge in [0.05, 0.1) is 54.7 Å². The normalized spacial score (nSPS) is 19.4. The molecule has 12 nitrogen and oxygen atoms in total. The van der Waals surface area contributed by atoms with Crippen molar-refractivity contribution in [2.45, 2.75) is 63.0 Å². The second kappa shape index (κ2) is 20.5. The Hall–Kier alpha value is -4.94. The van der Waals surface area contributed by atoms with Gasteiger partial charge in [-0.15, -0.1) is 0 Å². The van der Waals surface area contributed by atoms with Crippen LogP contribution in [0.2, 0.25) is 0 Å². The molecule has 0 unspecified atom stereocenters. The van der Waals surface area contributed by atoms with Crippen LogP contribution in [0.3, 0.4) is 0 Å². The maximum absolute atomic E-state index is 14.9. The lowest BCUT2D eigenvalue weighted by molar-refractivity contribution is -0.159. The van der Waals surface area contributed by atoms with Crippen LogP contribution in [0.15, 0.2) is 66.7 Å². The zero-order valence-electron chi connectivity index (χ0n) is 34.0. The minimum Gasteiger partial charge on any atom is -0.493 e. The number of hydrogen-bond donors (Lipinski definition) is 0. The number of amides is 1. The van der Waals surface area contributed by atoms with Gasteiger partial charge in [-0.25, -0.2) is 4.79 Å². The summed E-state index contributed by atoms with van der Waals surface area (Å²) in [5.74, 6) is 2.25. The standard InChI is InChI=1S/C45H58N2O10/c1-50-38-19-17-31(27-39(38)51-2)16-18-37(33-13-9-14-35(28-33)56-26-23-46-21-24-55-25-22-46)57-45(49)36-15-10-20-47(36)44(48)42(32-11-7-6-8-12-32)34-29-40(52-3)43(54-5)41(30-34)53-4/h7,9,11,13-14,17,19,27-30,32,36-37,42H,6,8,10,12,15-16,18,20-26H2,1-5H3/t32-,36+,37-,42+/m1/s1. The van der Waals surface area contributed by atoms with E-state index in [9.17, 15) is 9.59 Å². The highest BCUT2D eigenvalue weighted by Crippen LogP contribution is 2.44. The van der Waals surface area contributed by atoms with Crippen molar-refractivity contribution in [3.05, 3.63) is 83.4 Å². The van der Waals surface area contributed by atoms with Crippen LogP contribution in [0.25, 0.3) is 0 Å². The number of aryl methyl sites for hydroxylation is 1. The van der Waals surface area contributed by atoms with Gasteiger partial charge < -0.3 is 42.8 Å². The number of methoxy groups -OCH3 is 5. The van der Waals surface area contributed by atoms with Gasteiger partial charge in [0, 0.05) is 26.2 Å². The molecule has 0 bridgehead atoms. The van der Waals surface area contributed by atoms with E-state index >= 15 is 0 Å². The number of hydrogen-bond acceptors (Lipinski definition) is 11. The van der Waals surface area contributed by atoms with Crippen molar-refractivity contribution in [1.82, 2.24) is 9.80 Å². The van der Waals surface area contributed by atoms with E-state index in [1.54, 1.807) is 40.4 Å². The minimum atomic E-state index is -0.730. The molecule has 3 aromatic carbocycles. The number of morpholine rings is 1. The van der Waals surface area contributed by atoms with Crippen molar-refractivity contribution in [3.63, 3.8) is 0 Å². The minimum absolute atomic E-state index is 0.0634. The summed E-state index contributed by atoms with van der Waals surface area (Å²) >= 11 is 0. The lowest BCUT2D eigenvalue weighted by atomic mass is 9.79. The molecule has 2 heterocycles. The largest absolute Gasteiger partial charge is 0.493 e. The van der Waals surface area contributed by atoms with Crippen LogP contribution >= 0.6 is 0 Å². The summed E-state index contributed by atoms with van der Waals surface area (Å²) in [6.07, 6.45) is 8.77. The number of esters is 1. The predicted molar refractivity (Wildman–Crippen MR) is 216 cm³/mol. The van der Waals surface area contributed by atoms with Crippen LogP contribution in [0.5, 0.6) is 34.5 Å². The van der Waals surface area contributed by atoms with Crippen molar-refractivity contribution in [3.8, 4) is 34.5 Å². The van der Waals surface area contributed by atoms with Crippen LogP contribution in [0, 0.1) is 5.92 Å². The van der Waals surface area contributed by atoms with Crippen molar-refractivity contribution in [1.29, 1.82) is 0 Å². The Morgan fingerprint density at radius 2 is 1.54 bits per heavy atom. The van der Waals surface area contributed by atoms with Crippen molar-refractivity contribution in [2.24, 2.45) is 5.92 Å². The molecular weight excluding hydrogens is 728 g/mol. The van der Waals surface area contributed by atoms with E-state index in [0.29, 0.717) is 73.3 Å². The second-order valence-corrected chi connectivity index (χ2v) is 14.7. The van der Waals surface area contributed by atoms with Crippen molar-refractivity contribution in [2.75, 3.05) is 81.5 Å². The maximum Gasteiger partial charge on any atom is 0.329 e. The molecule has 2 fully saturated rings. The molecule has 0 saturated carbocycles. The molecule has 0 N–H and O–H groups in total. The number of allylic oxidation sites excluding steroid dienone is 2. The van der Waals surface area contributed by atoms with Gasteiger partial charge in [0.15, 0.2) is 23.0 Å². The van der Waals surface area contributed by atoms with Gasteiger partial charge in [-0.05, 0) is 104 Å². The first-order valence-corrected chi connectivity index (χ1v) is 20.1. The molecule has 0 spiro atoms. The Morgan fingerprint density at radius 3 is 2.23 bits per heavy atom. The number of likely N-dealkylation sites (tertiary alicyclic amines) is 1. The van der Waals surface area contributed by atoms with Gasteiger partial charge in [-0.3, -0.25) is 9.69 Å². The molecule has 12 heteroatoms. The SMILES string of the molecule is COc1ccc(CC[C@@H](OC(=O)[C@@H]2CCCN2C(=O)[C@H](c2cc(OC)c(OC)c(OC)c2)[C@@H]2C=CCCC2)c2cccc(OCCN3CCOCC3)c2)cc1OC.